The van der Waals surface area contributed by atoms with Crippen molar-refractivity contribution in [2.45, 2.75) is 39.0 Å². The Labute approximate surface area is 201 Å². The molecule has 166 valence electrons. The van der Waals surface area contributed by atoms with Gasteiger partial charge in [0.15, 0.2) is 5.96 Å². The molecule has 4 rings (SSSR count). The van der Waals surface area contributed by atoms with Crippen LogP contribution >= 0.6 is 24.0 Å². The second-order valence-electron chi connectivity index (χ2n) is 8.10. The van der Waals surface area contributed by atoms with E-state index >= 15 is 0 Å². The Kier molecular flexibility index (Phi) is 7.94. The number of rotatable bonds is 3. The number of halogens is 1. The summed E-state index contributed by atoms with van der Waals surface area (Å²) in [5.41, 5.74) is 4.41. The molecule has 0 spiro atoms. The largest absolute Gasteiger partial charge is 0.372 e. The highest BCUT2D eigenvalue weighted by Crippen LogP contribution is 2.27. The van der Waals surface area contributed by atoms with E-state index in [1.54, 1.807) is 0 Å². The topological polar surface area (TPSA) is 57.2 Å². The van der Waals surface area contributed by atoms with Crippen molar-refractivity contribution in [3.05, 3.63) is 65.2 Å². The van der Waals surface area contributed by atoms with Crippen LogP contribution in [0.3, 0.4) is 0 Å². The molecule has 2 aliphatic rings. The second-order valence-corrected chi connectivity index (χ2v) is 8.10. The van der Waals surface area contributed by atoms with E-state index in [0.29, 0.717) is 19.6 Å². The van der Waals surface area contributed by atoms with Crippen LogP contribution in [0.25, 0.3) is 0 Å². The predicted octanol–water partition coefficient (Wildman–Crippen LogP) is 3.69. The summed E-state index contributed by atoms with van der Waals surface area (Å²) in [5, 5.41) is 3.46. The summed E-state index contributed by atoms with van der Waals surface area (Å²) in [5.74, 6) is 0.942. The highest BCUT2D eigenvalue weighted by atomic mass is 127. The lowest BCUT2D eigenvalue weighted by molar-refractivity contribution is -0.0586. The summed E-state index contributed by atoms with van der Waals surface area (Å²) in [4.78, 5) is 21.4. The molecule has 7 heteroatoms. The van der Waals surface area contributed by atoms with Crippen molar-refractivity contribution in [2.24, 2.45) is 4.99 Å². The second kappa shape index (κ2) is 10.5. The van der Waals surface area contributed by atoms with Crippen LogP contribution < -0.4 is 10.2 Å². The summed E-state index contributed by atoms with van der Waals surface area (Å²) in [6.45, 7) is 6.89. The SMILES string of the molecule is CN=C(NCc1ccc(C(=O)N2CC(C)OC(C)C2)cc1)N1CCc2ccccc21.I. The van der Waals surface area contributed by atoms with Crippen LogP contribution in [0.2, 0.25) is 0 Å². The number of carbonyl (C=O) groups excluding carboxylic acids is 1. The quantitative estimate of drug-likeness (QED) is 0.371. The van der Waals surface area contributed by atoms with Crippen LogP contribution in [0.15, 0.2) is 53.5 Å². The number of aliphatic imine (C=N–C) groups is 1. The van der Waals surface area contributed by atoms with E-state index in [0.717, 1.165) is 30.1 Å². The highest BCUT2D eigenvalue weighted by molar-refractivity contribution is 14.0. The first-order chi connectivity index (χ1) is 14.5. The normalized spacial score (nSPS) is 20.8. The smallest absolute Gasteiger partial charge is 0.254 e. The van der Waals surface area contributed by atoms with Crippen molar-refractivity contribution in [3.63, 3.8) is 0 Å². The van der Waals surface area contributed by atoms with Gasteiger partial charge < -0.3 is 19.9 Å². The number of amides is 1. The third-order valence-corrected chi connectivity index (χ3v) is 5.71. The molecular formula is C24H31IN4O2. The van der Waals surface area contributed by atoms with E-state index in [4.69, 9.17) is 4.74 Å². The zero-order valence-electron chi connectivity index (χ0n) is 18.4. The molecule has 2 aromatic rings. The number of guanidine groups is 1. The van der Waals surface area contributed by atoms with Gasteiger partial charge in [0.1, 0.15) is 0 Å². The molecule has 0 radical (unpaired) electrons. The Hall–Kier alpha value is -2.13. The summed E-state index contributed by atoms with van der Waals surface area (Å²) >= 11 is 0. The lowest BCUT2D eigenvalue weighted by atomic mass is 10.1. The fourth-order valence-corrected chi connectivity index (χ4v) is 4.33. The molecule has 2 aromatic carbocycles. The number of benzene rings is 2. The molecule has 2 aliphatic heterocycles. The number of carbonyl (C=O) groups is 1. The minimum atomic E-state index is 0. The van der Waals surface area contributed by atoms with Crippen LogP contribution in [0.1, 0.15) is 35.3 Å². The van der Waals surface area contributed by atoms with Gasteiger partial charge in [-0.1, -0.05) is 30.3 Å². The van der Waals surface area contributed by atoms with E-state index in [1.807, 2.05) is 50.1 Å². The third-order valence-electron chi connectivity index (χ3n) is 5.71. The summed E-state index contributed by atoms with van der Waals surface area (Å²) < 4.78 is 5.73. The average molecular weight is 534 g/mol. The van der Waals surface area contributed by atoms with Gasteiger partial charge in [0.2, 0.25) is 0 Å². The predicted molar refractivity (Wildman–Crippen MR) is 135 cm³/mol. The molecular weight excluding hydrogens is 503 g/mol. The van der Waals surface area contributed by atoms with Gasteiger partial charge in [0.05, 0.1) is 12.2 Å². The van der Waals surface area contributed by atoms with Gasteiger partial charge in [-0.15, -0.1) is 24.0 Å². The first-order valence-corrected chi connectivity index (χ1v) is 10.6. The Morgan fingerprint density at radius 2 is 1.77 bits per heavy atom. The molecule has 1 fully saturated rings. The number of hydrogen-bond donors (Lipinski definition) is 1. The van der Waals surface area contributed by atoms with Crippen molar-refractivity contribution in [1.82, 2.24) is 10.2 Å². The van der Waals surface area contributed by atoms with Gasteiger partial charge in [-0.2, -0.15) is 0 Å². The number of anilines is 1. The van der Waals surface area contributed by atoms with Crippen LogP contribution in [-0.2, 0) is 17.7 Å². The molecule has 0 saturated carbocycles. The zero-order chi connectivity index (χ0) is 21.1. The monoisotopic (exact) mass is 534 g/mol. The van der Waals surface area contributed by atoms with Crippen LogP contribution in [0.4, 0.5) is 5.69 Å². The van der Waals surface area contributed by atoms with E-state index < -0.39 is 0 Å². The van der Waals surface area contributed by atoms with Gasteiger partial charge in [-0.25, -0.2) is 0 Å². The summed E-state index contributed by atoms with van der Waals surface area (Å²) in [6.07, 6.45) is 1.18. The molecule has 6 nitrogen and oxygen atoms in total. The standard InChI is InChI=1S/C24H30N4O2.HI/c1-17-15-27(16-18(2)30-17)23(29)21-10-8-19(9-11-21)14-26-24(25-3)28-13-12-20-6-4-5-7-22(20)28;/h4-11,17-18H,12-16H2,1-3H3,(H,25,26);1H. The van der Waals surface area contributed by atoms with Gasteiger partial charge >= 0.3 is 0 Å². The van der Waals surface area contributed by atoms with E-state index in [1.165, 1.54) is 11.3 Å². The van der Waals surface area contributed by atoms with Crippen molar-refractivity contribution >= 4 is 41.5 Å². The fourth-order valence-electron chi connectivity index (χ4n) is 4.33. The molecule has 2 atom stereocenters. The molecule has 1 N–H and O–H groups in total. The van der Waals surface area contributed by atoms with Gasteiger partial charge in [-0.05, 0) is 49.6 Å². The zero-order valence-corrected chi connectivity index (χ0v) is 20.7. The number of nitrogens with zero attached hydrogens (tertiary/aromatic N) is 3. The van der Waals surface area contributed by atoms with Crippen molar-refractivity contribution in [1.29, 1.82) is 0 Å². The number of morpholine rings is 1. The maximum absolute atomic E-state index is 12.8. The first-order valence-electron chi connectivity index (χ1n) is 10.6. The number of nitrogens with one attached hydrogen (secondary N) is 1. The number of para-hydroxylation sites is 1. The Morgan fingerprint density at radius 3 is 2.45 bits per heavy atom. The summed E-state index contributed by atoms with van der Waals surface area (Å²) in [6, 6.07) is 16.3. The molecule has 2 unspecified atom stereocenters. The van der Waals surface area contributed by atoms with Gasteiger partial charge in [0.25, 0.3) is 5.91 Å². The van der Waals surface area contributed by atoms with Crippen LogP contribution in [-0.4, -0.2) is 55.7 Å². The average Bonchev–Trinajstić information content (AvgIpc) is 3.18. The minimum absolute atomic E-state index is 0. The maximum Gasteiger partial charge on any atom is 0.254 e. The lowest BCUT2D eigenvalue weighted by Gasteiger charge is -2.35. The van der Waals surface area contributed by atoms with Crippen molar-refractivity contribution in [3.8, 4) is 0 Å². The van der Waals surface area contributed by atoms with Gasteiger partial charge in [-0.3, -0.25) is 9.79 Å². The molecule has 1 saturated heterocycles. The molecule has 0 aliphatic carbocycles. The number of fused-ring (bicyclic) bond motifs is 1. The molecule has 1 amide bonds. The Morgan fingerprint density at radius 1 is 1.10 bits per heavy atom. The minimum Gasteiger partial charge on any atom is -0.372 e. The van der Waals surface area contributed by atoms with Crippen molar-refractivity contribution in [2.75, 3.05) is 31.6 Å². The van der Waals surface area contributed by atoms with E-state index in [2.05, 4.69) is 39.5 Å². The fraction of sp³-hybridized carbons (Fsp3) is 0.417. The maximum atomic E-state index is 12.8. The van der Waals surface area contributed by atoms with Gasteiger partial charge in [0, 0.05) is 44.5 Å². The van der Waals surface area contributed by atoms with Crippen LogP contribution in [0, 0.1) is 0 Å². The lowest BCUT2D eigenvalue weighted by Crippen LogP contribution is -2.48. The molecule has 0 bridgehead atoms. The molecule has 31 heavy (non-hydrogen) atoms. The van der Waals surface area contributed by atoms with Crippen molar-refractivity contribution < 1.29 is 9.53 Å². The number of ether oxygens (including phenoxy) is 1. The number of hydrogen-bond acceptors (Lipinski definition) is 3. The third kappa shape index (κ3) is 5.38. The molecule has 0 aromatic heterocycles. The first kappa shape index (κ1) is 23.5. The Balaban J connectivity index is 0.00000272. The Bertz CT molecular complexity index is 921. The van der Waals surface area contributed by atoms with Crippen LogP contribution in [0.5, 0.6) is 0 Å². The molecule has 2 heterocycles. The summed E-state index contributed by atoms with van der Waals surface area (Å²) in [7, 11) is 1.81. The van der Waals surface area contributed by atoms with E-state index in [9.17, 15) is 4.79 Å². The van der Waals surface area contributed by atoms with E-state index in [-0.39, 0.29) is 42.1 Å². The highest BCUT2D eigenvalue weighted by Gasteiger charge is 2.26.